The van der Waals surface area contributed by atoms with Crippen LogP contribution < -0.4 is 18.9 Å². The SMILES string of the molecule is COc1ccc(-c2nn(Cc3ccccc3)cc2C(=O)N(C)C[C@@H]2COc3ccccc3O2)cc1OC. The Morgan fingerprint density at radius 2 is 1.73 bits per heavy atom. The van der Waals surface area contributed by atoms with Gasteiger partial charge in [0.2, 0.25) is 0 Å². The number of ether oxygens (including phenoxy) is 4. The van der Waals surface area contributed by atoms with E-state index in [1.165, 1.54) is 0 Å². The Morgan fingerprint density at radius 1 is 1.00 bits per heavy atom. The largest absolute Gasteiger partial charge is 0.493 e. The van der Waals surface area contributed by atoms with Crippen LogP contribution in [0.2, 0.25) is 0 Å². The molecule has 0 bridgehead atoms. The number of rotatable bonds is 8. The van der Waals surface area contributed by atoms with E-state index < -0.39 is 0 Å². The maximum Gasteiger partial charge on any atom is 0.257 e. The van der Waals surface area contributed by atoms with Crippen LogP contribution in [-0.4, -0.2) is 61.1 Å². The molecule has 0 saturated carbocycles. The number of carbonyl (C=O) groups is 1. The zero-order chi connectivity index (χ0) is 25.8. The quantitative estimate of drug-likeness (QED) is 0.355. The zero-order valence-corrected chi connectivity index (χ0v) is 21.1. The predicted octanol–water partition coefficient (Wildman–Crippen LogP) is 4.53. The molecule has 1 aliphatic rings. The summed E-state index contributed by atoms with van der Waals surface area (Å²) in [5, 5.41) is 4.80. The predicted molar refractivity (Wildman–Crippen MR) is 140 cm³/mol. The normalized spacial score (nSPS) is 14.2. The molecule has 0 aliphatic carbocycles. The van der Waals surface area contributed by atoms with Crippen molar-refractivity contribution in [3.05, 3.63) is 90.1 Å². The summed E-state index contributed by atoms with van der Waals surface area (Å²) in [4.78, 5) is 15.4. The van der Waals surface area contributed by atoms with E-state index in [2.05, 4.69) is 0 Å². The number of likely N-dealkylation sites (N-methyl/N-ethyl adjacent to an activating group) is 1. The van der Waals surface area contributed by atoms with Crippen molar-refractivity contribution in [1.82, 2.24) is 14.7 Å². The highest BCUT2D eigenvalue weighted by molar-refractivity contribution is 5.99. The van der Waals surface area contributed by atoms with Crippen LogP contribution in [0.5, 0.6) is 23.0 Å². The first-order chi connectivity index (χ1) is 18.1. The summed E-state index contributed by atoms with van der Waals surface area (Å²) < 4.78 is 24.6. The van der Waals surface area contributed by atoms with Crippen LogP contribution >= 0.6 is 0 Å². The minimum Gasteiger partial charge on any atom is -0.493 e. The van der Waals surface area contributed by atoms with Gasteiger partial charge in [-0.1, -0.05) is 42.5 Å². The zero-order valence-electron chi connectivity index (χ0n) is 21.1. The maximum atomic E-state index is 13.7. The van der Waals surface area contributed by atoms with Gasteiger partial charge in [0.25, 0.3) is 5.91 Å². The average molecular weight is 500 g/mol. The van der Waals surface area contributed by atoms with Gasteiger partial charge < -0.3 is 23.8 Å². The third-order valence-electron chi connectivity index (χ3n) is 6.23. The Balaban J connectivity index is 1.43. The Bertz CT molecular complexity index is 1390. The first-order valence-corrected chi connectivity index (χ1v) is 12.0. The van der Waals surface area contributed by atoms with E-state index in [1.807, 2.05) is 72.8 Å². The van der Waals surface area contributed by atoms with E-state index in [9.17, 15) is 4.79 Å². The molecular formula is C29H29N3O5. The summed E-state index contributed by atoms with van der Waals surface area (Å²) in [5.74, 6) is 2.41. The molecule has 4 aromatic rings. The number of benzene rings is 3. The van der Waals surface area contributed by atoms with Gasteiger partial charge in [-0.05, 0) is 35.9 Å². The molecule has 0 spiro atoms. The summed E-state index contributed by atoms with van der Waals surface area (Å²) in [7, 11) is 4.93. The molecule has 0 saturated heterocycles. The number of carbonyl (C=O) groups excluding carboxylic acids is 1. The lowest BCUT2D eigenvalue weighted by atomic mass is 10.1. The minimum atomic E-state index is -0.284. The van der Waals surface area contributed by atoms with Gasteiger partial charge in [0.05, 0.1) is 32.9 Å². The summed E-state index contributed by atoms with van der Waals surface area (Å²) in [5.41, 5.74) is 2.90. The van der Waals surface area contributed by atoms with Gasteiger partial charge in [-0.15, -0.1) is 0 Å². The van der Waals surface area contributed by atoms with Crippen molar-refractivity contribution in [3.63, 3.8) is 0 Å². The number of nitrogens with zero attached hydrogens (tertiary/aromatic N) is 3. The van der Waals surface area contributed by atoms with Gasteiger partial charge >= 0.3 is 0 Å². The van der Waals surface area contributed by atoms with E-state index in [-0.39, 0.29) is 12.0 Å². The standard InChI is InChI=1S/C29H29N3O5/c1-31(17-22-19-36-25-11-7-8-12-26(25)37-22)29(33)23-18-32(16-20-9-5-4-6-10-20)30-28(23)21-13-14-24(34-2)27(15-21)35-3/h4-15,18,22H,16-17,19H2,1-3H3/t22-/m1/s1. The minimum absolute atomic E-state index is 0.161. The van der Waals surface area contributed by atoms with Crippen molar-refractivity contribution in [2.24, 2.45) is 0 Å². The molecule has 2 heterocycles. The lowest BCUT2D eigenvalue weighted by Gasteiger charge is -2.29. The molecule has 1 aliphatic heterocycles. The number of hydrogen-bond acceptors (Lipinski definition) is 6. The maximum absolute atomic E-state index is 13.7. The van der Waals surface area contributed by atoms with Crippen molar-refractivity contribution in [3.8, 4) is 34.3 Å². The molecule has 1 aromatic heterocycles. The highest BCUT2D eigenvalue weighted by Crippen LogP contribution is 2.34. The van der Waals surface area contributed by atoms with Gasteiger partial charge in [0.15, 0.2) is 29.1 Å². The van der Waals surface area contributed by atoms with Crippen LogP contribution in [0.4, 0.5) is 0 Å². The number of aromatic nitrogens is 2. The molecule has 8 nitrogen and oxygen atoms in total. The number of fused-ring (bicyclic) bond motifs is 1. The second-order valence-corrected chi connectivity index (χ2v) is 8.83. The van der Waals surface area contributed by atoms with E-state index in [1.54, 1.807) is 37.0 Å². The van der Waals surface area contributed by atoms with Crippen LogP contribution in [-0.2, 0) is 6.54 Å². The van der Waals surface area contributed by atoms with Crippen LogP contribution in [0.1, 0.15) is 15.9 Å². The number of methoxy groups -OCH3 is 2. The number of amides is 1. The second-order valence-electron chi connectivity index (χ2n) is 8.83. The summed E-state index contributed by atoms with van der Waals surface area (Å²) in [6.45, 7) is 1.27. The van der Waals surface area contributed by atoms with Crippen molar-refractivity contribution in [1.29, 1.82) is 0 Å². The third kappa shape index (κ3) is 5.23. The first kappa shape index (κ1) is 24.2. The topological polar surface area (TPSA) is 75.1 Å². The van der Waals surface area contributed by atoms with Crippen molar-refractivity contribution in [2.45, 2.75) is 12.6 Å². The van der Waals surface area contributed by atoms with Crippen LogP contribution in [0.15, 0.2) is 79.0 Å². The van der Waals surface area contributed by atoms with E-state index >= 15 is 0 Å². The Morgan fingerprint density at radius 3 is 2.49 bits per heavy atom. The van der Waals surface area contributed by atoms with Crippen molar-refractivity contribution < 1.29 is 23.7 Å². The molecule has 5 rings (SSSR count). The summed E-state index contributed by atoms with van der Waals surface area (Å²) >= 11 is 0. The van der Waals surface area contributed by atoms with E-state index in [0.717, 1.165) is 11.1 Å². The van der Waals surface area contributed by atoms with Crippen molar-refractivity contribution in [2.75, 3.05) is 34.4 Å². The third-order valence-corrected chi connectivity index (χ3v) is 6.23. The molecule has 1 atom stereocenters. The summed E-state index contributed by atoms with van der Waals surface area (Å²) in [6, 6.07) is 23.1. The molecule has 8 heteroatoms. The Labute approximate surface area is 215 Å². The molecule has 1 amide bonds. The van der Waals surface area contributed by atoms with E-state index in [4.69, 9.17) is 24.0 Å². The van der Waals surface area contributed by atoms with Gasteiger partial charge in [-0.25, -0.2) is 0 Å². The van der Waals surface area contributed by atoms with Gasteiger partial charge in [0, 0.05) is 18.8 Å². The average Bonchev–Trinajstić information content (AvgIpc) is 3.36. The van der Waals surface area contributed by atoms with Crippen LogP contribution in [0, 0.1) is 0 Å². The lowest BCUT2D eigenvalue weighted by Crippen LogP contribution is -2.41. The number of para-hydroxylation sites is 2. The fourth-order valence-electron chi connectivity index (χ4n) is 4.37. The molecule has 37 heavy (non-hydrogen) atoms. The highest BCUT2D eigenvalue weighted by Gasteiger charge is 2.27. The van der Waals surface area contributed by atoms with E-state index in [0.29, 0.717) is 54.0 Å². The Kier molecular flexibility index (Phi) is 6.98. The smallest absolute Gasteiger partial charge is 0.257 e. The molecule has 0 unspecified atom stereocenters. The lowest BCUT2D eigenvalue weighted by molar-refractivity contribution is 0.0521. The van der Waals surface area contributed by atoms with Gasteiger partial charge in [0.1, 0.15) is 12.3 Å². The summed E-state index contributed by atoms with van der Waals surface area (Å²) in [6.07, 6.45) is 1.51. The van der Waals surface area contributed by atoms with Gasteiger partial charge in [-0.3, -0.25) is 9.48 Å². The molecule has 0 N–H and O–H groups in total. The molecule has 0 radical (unpaired) electrons. The van der Waals surface area contributed by atoms with Crippen LogP contribution in [0.25, 0.3) is 11.3 Å². The first-order valence-electron chi connectivity index (χ1n) is 12.0. The molecule has 0 fully saturated rings. The molecular weight excluding hydrogens is 470 g/mol. The second kappa shape index (κ2) is 10.7. The fourth-order valence-corrected chi connectivity index (χ4v) is 4.37. The molecule has 3 aromatic carbocycles. The monoisotopic (exact) mass is 499 g/mol. The highest BCUT2D eigenvalue weighted by atomic mass is 16.6. The van der Waals surface area contributed by atoms with Crippen LogP contribution in [0.3, 0.4) is 0 Å². The number of hydrogen-bond donors (Lipinski definition) is 0. The fraction of sp³-hybridized carbons (Fsp3) is 0.241. The Hall–Kier alpha value is -4.46. The van der Waals surface area contributed by atoms with Crippen molar-refractivity contribution >= 4 is 5.91 Å². The molecule has 190 valence electrons. The van der Waals surface area contributed by atoms with Gasteiger partial charge in [-0.2, -0.15) is 5.10 Å².